The lowest BCUT2D eigenvalue weighted by molar-refractivity contribution is 0.551. The molecule has 98 valence electrons. The number of nitrogens with one attached hydrogen (secondary N) is 1. The van der Waals surface area contributed by atoms with Crippen LogP contribution in [0, 0.1) is 17.2 Å². The van der Waals surface area contributed by atoms with Crippen molar-refractivity contribution in [2.45, 2.75) is 26.8 Å². The zero-order valence-electron chi connectivity index (χ0n) is 11.3. The summed E-state index contributed by atoms with van der Waals surface area (Å²) in [6.07, 6.45) is 0. The smallest absolute Gasteiger partial charge is 0.332 e. The van der Waals surface area contributed by atoms with Crippen LogP contribution in [0.1, 0.15) is 26.3 Å². The quantitative estimate of drug-likeness (QED) is 0.842. The molecular weight excluding hydrogens is 232 g/mol. The molecule has 0 spiro atoms. The number of nitrogens with zero attached hydrogens (tertiary/aromatic N) is 3. The summed E-state index contributed by atoms with van der Waals surface area (Å²) in [5.74, 6) is 0.600. The summed E-state index contributed by atoms with van der Waals surface area (Å²) in [4.78, 5) is 23.6. The van der Waals surface area contributed by atoms with E-state index in [1.54, 1.807) is 0 Å². The summed E-state index contributed by atoms with van der Waals surface area (Å²) in [6, 6.07) is 1.91. The maximum Gasteiger partial charge on any atom is 0.332 e. The van der Waals surface area contributed by atoms with Gasteiger partial charge in [0.25, 0.3) is 5.56 Å². The van der Waals surface area contributed by atoms with Crippen LogP contribution in [0.4, 0.5) is 5.82 Å². The molecule has 0 saturated heterocycles. The van der Waals surface area contributed by atoms with Gasteiger partial charge >= 0.3 is 5.69 Å². The fourth-order valence-electron chi connectivity index (χ4n) is 1.50. The Bertz CT molecular complexity index is 604. The average molecular weight is 250 g/mol. The summed E-state index contributed by atoms with van der Waals surface area (Å²) in [6.45, 7) is 5.97. The van der Waals surface area contributed by atoms with Crippen LogP contribution in [-0.4, -0.2) is 15.2 Å². The van der Waals surface area contributed by atoms with Crippen LogP contribution < -0.4 is 16.6 Å². The van der Waals surface area contributed by atoms with Gasteiger partial charge in [-0.1, -0.05) is 13.8 Å². The molecule has 18 heavy (non-hydrogen) atoms. The Hall–Kier alpha value is -2.03. The molecule has 0 fully saturated rings. The van der Waals surface area contributed by atoms with Crippen molar-refractivity contribution in [1.29, 1.82) is 5.26 Å². The highest BCUT2D eigenvalue weighted by molar-refractivity contribution is 5.51. The topological polar surface area (TPSA) is 79.8 Å². The largest absolute Gasteiger partial charge is 0.367 e. The Balaban J connectivity index is 3.50. The Labute approximate surface area is 105 Å². The molecule has 6 nitrogen and oxygen atoms in total. The van der Waals surface area contributed by atoms with Gasteiger partial charge in [-0.15, -0.1) is 0 Å². The first-order valence-corrected chi connectivity index (χ1v) is 5.77. The van der Waals surface area contributed by atoms with E-state index in [4.69, 9.17) is 5.26 Å². The van der Waals surface area contributed by atoms with Gasteiger partial charge in [0, 0.05) is 20.1 Å². The van der Waals surface area contributed by atoms with E-state index in [-0.39, 0.29) is 17.4 Å². The van der Waals surface area contributed by atoms with Crippen LogP contribution in [-0.2, 0) is 14.1 Å². The third-order valence-electron chi connectivity index (χ3n) is 3.14. The van der Waals surface area contributed by atoms with Crippen LogP contribution in [0.5, 0.6) is 0 Å². The van der Waals surface area contributed by atoms with Crippen molar-refractivity contribution in [3.63, 3.8) is 0 Å². The average Bonchev–Trinajstić information content (AvgIpc) is 2.33. The molecule has 1 heterocycles. The minimum Gasteiger partial charge on any atom is -0.367 e. The second kappa shape index (κ2) is 5.08. The first kappa shape index (κ1) is 14.0. The summed E-state index contributed by atoms with van der Waals surface area (Å²) in [5.41, 5.74) is -1.05. The molecule has 0 amide bonds. The third-order valence-corrected chi connectivity index (χ3v) is 3.14. The first-order chi connectivity index (χ1) is 8.31. The van der Waals surface area contributed by atoms with E-state index in [2.05, 4.69) is 5.32 Å². The predicted octanol–water partition coefficient (Wildman–Crippen LogP) is 0.412. The predicted molar refractivity (Wildman–Crippen MR) is 69.6 cm³/mol. The van der Waals surface area contributed by atoms with Gasteiger partial charge in [-0.2, -0.15) is 5.26 Å². The van der Waals surface area contributed by atoms with Crippen molar-refractivity contribution >= 4 is 5.82 Å². The van der Waals surface area contributed by atoms with Crippen LogP contribution in [0.25, 0.3) is 0 Å². The minimum atomic E-state index is -0.570. The minimum absolute atomic E-state index is 0.0351. The van der Waals surface area contributed by atoms with Gasteiger partial charge in [-0.05, 0) is 12.8 Å². The van der Waals surface area contributed by atoms with E-state index in [0.29, 0.717) is 5.92 Å². The number of hydrogen-bond acceptors (Lipinski definition) is 4. The highest BCUT2D eigenvalue weighted by atomic mass is 16.2. The zero-order chi connectivity index (χ0) is 14.0. The molecular formula is C12H18N4O2. The molecule has 0 aromatic carbocycles. The summed E-state index contributed by atoms with van der Waals surface area (Å²) < 4.78 is 2.22. The number of aromatic nitrogens is 2. The second-order valence-electron chi connectivity index (χ2n) is 4.72. The van der Waals surface area contributed by atoms with Crippen LogP contribution in [0.2, 0.25) is 0 Å². The van der Waals surface area contributed by atoms with Gasteiger partial charge in [0.1, 0.15) is 11.9 Å². The highest BCUT2D eigenvalue weighted by Crippen LogP contribution is 2.12. The molecule has 6 heteroatoms. The van der Waals surface area contributed by atoms with E-state index in [1.807, 2.05) is 26.8 Å². The van der Waals surface area contributed by atoms with Crippen molar-refractivity contribution in [3.05, 3.63) is 26.4 Å². The van der Waals surface area contributed by atoms with Gasteiger partial charge in [0.05, 0.1) is 0 Å². The standard InChI is InChI=1S/C12H18N4O2/c1-7(2)8(3)14-10-9(6-13)11(17)16(5)12(18)15(10)4/h7-8,14H,1-5H3. The monoisotopic (exact) mass is 250 g/mol. The Morgan fingerprint density at radius 2 is 1.72 bits per heavy atom. The van der Waals surface area contributed by atoms with Crippen LogP contribution >= 0.6 is 0 Å². The number of nitriles is 1. The van der Waals surface area contributed by atoms with Crippen molar-refractivity contribution in [2.24, 2.45) is 20.0 Å². The number of rotatable bonds is 3. The molecule has 1 unspecified atom stereocenters. The van der Waals surface area contributed by atoms with Gasteiger partial charge in [0.2, 0.25) is 0 Å². The van der Waals surface area contributed by atoms with E-state index in [0.717, 1.165) is 4.57 Å². The highest BCUT2D eigenvalue weighted by Gasteiger charge is 2.17. The fourth-order valence-corrected chi connectivity index (χ4v) is 1.50. The van der Waals surface area contributed by atoms with Gasteiger partial charge in [-0.3, -0.25) is 13.9 Å². The summed E-state index contributed by atoms with van der Waals surface area (Å²) in [7, 11) is 2.90. The van der Waals surface area contributed by atoms with Crippen LogP contribution in [0.3, 0.4) is 0 Å². The van der Waals surface area contributed by atoms with E-state index >= 15 is 0 Å². The summed E-state index contributed by atoms with van der Waals surface area (Å²) in [5, 5.41) is 12.1. The number of hydrogen-bond donors (Lipinski definition) is 1. The lowest BCUT2D eigenvalue weighted by Gasteiger charge is -2.21. The molecule has 1 aromatic heterocycles. The maximum absolute atomic E-state index is 11.8. The SMILES string of the molecule is CC(C)C(C)Nc1c(C#N)c(=O)n(C)c(=O)n1C. The second-order valence-corrected chi connectivity index (χ2v) is 4.72. The fraction of sp³-hybridized carbons (Fsp3) is 0.583. The summed E-state index contributed by atoms with van der Waals surface area (Å²) >= 11 is 0. The van der Waals surface area contributed by atoms with Gasteiger partial charge < -0.3 is 5.32 Å². The Kier molecular flexibility index (Phi) is 3.96. The van der Waals surface area contributed by atoms with E-state index in [1.165, 1.54) is 18.7 Å². The lowest BCUT2D eigenvalue weighted by atomic mass is 10.1. The molecule has 0 aliphatic carbocycles. The van der Waals surface area contributed by atoms with Gasteiger partial charge in [0.15, 0.2) is 5.56 Å². The molecule has 1 aromatic rings. The van der Waals surface area contributed by atoms with E-state index < -0.39 is 11.2 Å². The zero-order valence-corrected chi connectivity index (χ0v) is 11.3. The third kappa shape index (κ3) is 2.30. The molecule has 0 saturated carbocycles. The maximum atomic E-state index is 11.8. The first-order valence-electron chi connectivity index (χ1n) is 5.77. The Morgan fingerprint density at radius 3 is 2.17 bits per heavy atom. The molecule has 0 aliphatic heterocycles. The van der Waals surface area contributed by atoms with Crippen molar-refractivity contribution in [2.75, 3.05) is 5.32 Å². The number of anilines is 1. The van der Waals surface area contributed by atoms with Crippen molar-refractivity contribution in [1.82, 2.24) is 9.13 Å². The van der Waals surface area contributed by atoms with Crippen LogP contribution in [0.15, 0.2) is 9.59 Å². The molecule has 1 atom stereocenters. The molecule has 0 radical (unpaired) electrons. The van der Waals surface area contributed by atoms with Gasteiger partial charge in [-0.25, -0.2) is 4.79 Å². The molecule has 1 N–H and O–H groups in total. The molecule has 0 bridgehead atoms. The molecule has 1 rings (SSSR count). The normalized spacial score (nSPS) is 12.3. The van der Waals surface area contributed by atoms with Crippen molar-refractivity contribution < 1.29 is 0 Å². The van der Waals surface area contributed by atoms with Crippen molar-refractivity contribution in [3.8, 4) is 6.07 Å². The Morgan fingerprint density at radius 1 is 1.17 bits per heavy atom. The molecule has 0 aliphatic rings. The lowest BCUT2D eigenvalue weighted by Crippen LogP contribution is -2.41. The van der Waals surface area contributed by atoms with E-state index in [9.17, 15) is 9.59 Å².